The number of benzene rings is 2. The second-order valence-electron chi connectivity index (χ2n) is 4.96. The minimum absolute atomic E-state index is 0.189. The Labute approximate surface area is 138 Å². The third-order valence-electron chi connectivity index (χ3n) is 3.69. The molecule has 4 nitrogen and oxygen atoms in total. The Balaban J connectivity index is 2.05. The third kappa shape index (κ3) is 2.62. The van der Waals surface area contributed by atoms with E-state index in [1.807, 2.05) is 0 Å². The molecule has 3 rings (SSSR count). The van der Waals surface area contributed by atoms with Crippen molar-refractivity contribution in [2.45, 2.75) is 0 Å². The lowest BCUT2D eigenvalue weighted by atomic mass is 10.1. The van der Waals surface area contributed by atoms with Crippen LogP contribution in [0.3, 0.4) is 0 Å². The van der Waals surface area contributed by atoms with Gasteiger partial charge >= 0.3 is 0 Å². The molecule has 0 fully saturated rings. The number of carbonyl (C=O) groups excluding carboxylic acids is 2. The van der Waals surface area contributed by atoms with Crippen molar-refractivity contribution < 1.29 is 14.3 Å². The highest BCUT2D eigenvalue weighted by Crippen LogP contribution is 2.31. The number of fused-ring (bicyclic) bond motifs is 1. The molecule has 0 bridgehead atoms. The molecule has 2 aromatic rings. The molecule has 1 heterocycles. The first kappa shape index (κ1) is 15.3. The Morgan fingerprint density at radius 2 is 1.61 bits per heavy atom. The number of methoxy groups -OCH3 is 1. The van der Waals surface area contributed by atoms with Gasteiger partial charge in [0, 0.05) is 5.88 Å². The largest absolute Gasteiger partial charge is 0.497 e. The number of nitrogens with zero attached hydrogens (tertiary/aromatic N) is 1. The maximum Gasteiger partial charge on any atom is 0.266 e. The standard InChI is InChI=1S/C18H14ClNO3/c1-23-13-8-6-12(7-9-13)16(10-11-19)20-17(21)14-4-2-3-5-15(14)18(20)22/h2-10H,11H2,1H3/b16-10+. The molecule has 116 valence electrons. The fraction of sp³-hybridized carbons (Fsp3) is 0.111. The lowest BCUT2D eigenvalue weighted by Gasteiger charge is -2.18. The Morgan fingerprint density at radius 1 is 1.04 bits per heavy atom. The van der Waals surface area contributed by atoms with Crippen molar-refractivity contribution in [2.24, 2.45) is 0 Å². The van der Waals surface area contributed by atoms with Crippen LogP contribution in [0.4, 0.5) is 0 Å². The SMILES string of the molecule is COc1ccc(/C(=C\CCl)N2C(=O)c3ccccc3C2=O)cc1. The first-order valence-electron chi connectivity index (χ1n) is 7.05. The van der Waals surface area contributed by atoms with Crippen molar-refractivity contribution in [1.29, 1.82) is 0 Å². The van der Waals surface area contributed by atoms with Crippen LogP contribution in [0.1, 0.15) is 26.3 Å². The molecular formula is C18H14ClNO3. The Bertz CT molecular complexity index is 761. The predicted molar refractivity (Wildman–Crippen MR) is 88.6 cm³/mol. The fourth-order valence-electron chi connectivity index (χ4n) is 2.58. The van der Waals surface area contributed by atoms with Crippen LogP contribution >= 0.6 is 11.6 Å². The van der Waals surface area contributed by atoms with E-state index in [4.69, 9.17) is 16.3 Å². The summed E-state index contributed by atoms with van der Waals surface area (Å²) < 4.78 is 5.13. The van der Waals surface area contributed by atoms with Gasteiger partial charge in [-0.1, -0.05) is 12.1 Å². The van der Waals surface area contributed by atoms with Gasteiger partial charge in [-0.25, -0.2) is 4.90 Å². The van der Waals surface area contributed by atoms with Crippen molar-refractivity contribution in [3.05, 3.63) is 71.3 Å². The second-order valence-corrected chi connectivity index (χ2v) is 5.27. The first-order chi connectivity index (χ1) is 11.2. The first-order valence-corrected chi connectivity index (χ1v) is 7.59. The van der Waals surface area contributed by atoms with Crippen LogP contribution in [-0.2, 0) is 0 Å². The smallest absolute Gasteiger partial charge is 0.266 e. The van der Waals surface area contributed by atoms with E-state index in [0.717, 1.165) is 5.56 Å². The van der Waals surface area contributed by atoms with Crippen molar-refractivity contribution in [1.82, 2.24) is 4.90 Å². The van der Waals surface area contributed by atoms with E-state index in [9.17, 15) is 9.59 Å². The number of hydrogen-bond donors (Lipinski definition) is 0. The van der Waals surface area contributed by atoms with Gasteiger partial charge in [0.25, 0.3) is 11.8 Å². The molecule has 0 spiro atoms. The van der Waals surface area contributed by atoms with Gasteiger partial charge in [-0.3, -0.25) is 9.59 Å². The lowest BCUT2D eigenvalue weighted by molar-refractivity contribution is 0.0735. The highest BCUT2D eigenvalue weighted by molar-refractivity contribution is 6.26. The molecule has 2 amide bonds. The van der Waals surface area contributed by atoms with E-state index in [-0.39, 0.29) is 17.7 Å². The van der Waals surface area contributed by atoms with Crippen LogP contribution in [-0.4, -0.2) is 29.7 Å². The number of amides is 2. The quantitative estimate of drug-likeness (QED) is 0.637. The Hall–Kier alpha value is -2.59. The molecule has 0 radical (unpaired) electrons. The molecule has 1 aliphatic rings. The van der Waals surface area contributed by atoms with Crippen molar-refractivity contribution in [2.75, 3.05) is 13.0 Å². The summed E-state index contributed by atoms with van der Waals surface area (Å²) in [6.07, 6.45) is 1.66. The molecule has 0 atom stereocenters. The van der Waals surface area contributed by atoms with E-state index in [2.05, 4.69) is 0 Å². The normalized spacial score (nSPS) is 14.2. The molecule has 0 aromatic heterocycles. The number of alkyl halides is 1. The number of rotatable bonds is 4. The molecule has 0 unspecified atom stereocenters. The van der Waals surface area contributed by atoms with E-state index < -0.39 is 0 Å². The minimum atomic E-state index is -0.335. The molecule has 0 saturated carbocycles. The van der Waals surface area contributed by atoms with Crippen LogP contribution in [0, 0.1) is 0 Å². The van der Waals surface area contributed by atoms with Crippen molar-refractivity contribution in [3.8, 4) is 5.75 Å². The lowest BCUT2D eigenvalue weighted by Crippen LogP contribution is -2.28. The summed E-state index contributed by atoms with van der Waals surface area (Å²) in [5.41, 5.74) is 2.02. The summed E-state index contributed by atoms with van der Waals surface area (Å²) in [6.45, 7) is 0. The Kier molecular flexibility index (Phi) is 4.17. The zero-order valence-corrected chi connectivity index (χ0v) is 13.2. The highest BCUT2D eigenvalue weighted by Gasteiger charge is 2.37. The minimum Gasteiger partial charge on any atom is -0.497 e. The van der Waals surface area contributed by atoms with Crippen LogP contribution in [0.2, 0.25) is 0 Å². The van der Waals surface area contributed by atoms with Gasteiger partial charge in [0.1, 0.15) is 5.75 Å². The molecule has 0 N–H and O–H groups in total. The van der Waals surface area contributed by atoms with Gasteiger partial charge in [0.15, 0.2) is 0 Å². The maximum absolute atomic E-state index is 12.6. The van der Waals surface area contributed by atoms with E-state index in [1.54, 1.807) is 61.7 Å². The van der Waals surface area contributed by atoms with E-state index in [0.29, 0.717) is 22.6 Å². The van der Waals surface area contributed by atoms with Crippen molar-refractivity contribution in [3.63, 3.8) is 0 Å². The Morgan fingerprint density at radius 3 is 2.09 bits per heavy atom. The number of hydrogen-bond acceptors (Lipinski definition) is 3. The summed E-state index contributed by atoms with van der Waals surface area (Å²) in [5.74, 6) is 0.214. The third-order valence-corrected chi connectivity index (χ3v) is 3.85. The number of imide groups is 1. The van der Waals surface area contributed by atoms with Gasteiger partial charge in [-0.2, -0.15) is 0 Å². The summed E-state index contributed by atoms with van der Waals surface area (Å²) in [4.78, 5) is 26.4. The van der Waals surface area contributed by atoms with Gasteiger partial charge in [0.2, 0.25) is 0 Å². The zero-order chi connectivity index (χ0) is 16.4. The monoisotopic (exact) mass is 327 g/mol. The fourth-order valence-corrected chi connectivity index (χ4v) is 2.73. The number of halogens is 1. The summed E-state index contributed by atoms with van der Waals surface area (Å²) >= 11 is 5.84. The van der Waals surface area contributed by atoms with Gasteiger partial charge in [-0.05, 0) is 48.0 Å². The highest BCUT2D eigenvalue weighted by atomic mass is 35.5. The van der Waals surface area contributed by atoms with Crippen LogP contribution in [0.15, 0.2) is 54.6 Å². The molecule has 1 aliphatic heterocycles. The molecular weight excluding hydrogens is 314 g/mol. The summed E-state index contributed by atoms with van der Waals surface area (Å²) in [7, 11) is 1.58. The molecule has 23 heavy (non-hydrogen) atoms. The number of ether oxygens (including phenoxy) is 1. The maximum atomic E-state index is 12.6. The topological polar surface area (TPSA) is 46.6 Å². The molecule has 0 aliphatic carbocycles. The van der Waals surface area contributed by atoms with Gasteiger partial charge < -0.3 is 4.74 Å². The molecule has 2 aromatic carbocycles. The number of allylic oxidation sites excluding steroid dienone is 1. The van der Waals surface area contributed by atoms with Crippen molar-refractivity contribution >= 4 is 29.1 Å². The second kappa shape index (κ2) is 6.26. The van der Waals surface area contributed by atoms with Gasteiger partial charge in [0.05, 0.1) is 23.9 Å². The van der Waals surface area contributed by atoms with Crippen LogP contribution < -0.4 is 4.74 Å². The van der Waals surface area contributed by atoms with Gasteiger partial charge in [-0.15, -0.1) is 11.6 Å². The average molecular weight is 328 g/mol. The van der Waals surface area contributed by atoms with Crippen LogP contribution in [0.25, 0.3) is 5.70 Å². The predicted octanol–water partition coefficient (Wildman–Crippen LogP) is 3.57. The molecule has 5 heteroatoms. The van der Waals surface area contributed by atoms with E-state index >= 15 is 0 Å². The molecule has 0 saturated heterocycles. The summed E-state index contributed by atoms with van der Waals surface area (Å²) in [5, 5.41) is 0. The van der Waals surface area contributed by atoms with Crippen LogP contribution in [0.5, 0.6) is 5.75 Å². The van der Waals surface area contributed by atoms with E-state index in [1.165, 1.54) is 4.90 Å². The average Bonchev–Trinajstić information content (AvgIpc) is 2.85. The summed E-state index contributed by atoms with van der Waals surface area (Å²) in [6, 6.07) is 13.9. The number of carbonyl (C=O) groups is 2. The zero-order valence-electron chi connectivity index (χ0n) is 12.5.